The van der Waals surface area contributed by atoms with E-state index in [1.54, 1.807) is 43.1 Å². The van der Waals surface area contributed by atoms with Crippen LogP contribution in [-0.2, 0) is 9.53 Å². The number of anilines is 1. The number of thioether (sulfide) groups is 1. The molecule has 3 rings (SSSR count). The molecule has 1 heterocycles. The van der Waals surface area contributed by atoms with E-state index in [1.807, 2.05) is 30.3 Å². The van der Waals surface area contributed by atoms with Crippen LogP contribution in [0.1, 0.15) is 17.0 Å². The summed E-state index contributed by atoms with van der Waals surface area (Å²) in [5.41, 5.74) is 1.29. The summed E-state index contributed by atoms with van der Waals surface area (Å²) in [6.07, 6.45) is 0.410. The van der Waals surface area contributed by atoms with Crippen LogP contribution in [0.15, 0.2) is 59.5 Å². The summed E-state index contributed by atoms with van der Waals surface area (Å²) < 4.78 is 4.88. The van der Waals surface area contributed by atoms with Crippen molar-refractivity contribution in [3.63, 3.8) is 0 Å². The Labute approximate surface area is 178 Å². The first-order valence-electron chi connectivity index (χ1n) is 9.31. The van der Waals surface area contributed by atoms with Crippen LogP contribution in [0.5, 0.6) is 0 Å². The van der Waals surface area contributed by atoms with Crippen molar-refractivity contribution in [3.8, 4) is 5.69 Å². The average Bonchev–Trinajstić information content (AvgIpc) is 3.25. The third-order valence-corrected chi connectivity index (χ3v) is 4.95. The van der Waals surface area contributed by atoms with Crippen LogP contribution < -0.4 is 10.6 Å². The number of aromatic nitrogens is 4. The second kappa shape index (κ2) is 11.1. The second-order valence-electron chi connectivity index (χ2n) is 6.16. The maximum absolute atomic E-state index is 12.1. The second-order valence-corrected chi connectivity index (χ2v) is 7.33. The monoisotopic (exact) mass is 426 g/mol. The van der Waals surface area contributed by atoms with Crippen LogP contribution in [0.2, 0.25) is 0 Å². The highest BCUT2D eigenvalue weighted by Crippen LogP contribution is 2.18. The van der Waals surface area contributed by atoms with Crippen LogP contribution in [0.4, 0.5) is 5.69 Å². The zero-order chi connectivity index (χ0) is 21.2. The molecule has 0 saturated heterocycles. The Morgan fingerprint density at radius 1 is 1.10 bits per heavy atom. The summed E-state index contributed by atoms with van der Waals surface area (Å²) in [5.74, 6) is 0.196. The number of rotatable bonds is 10. The maximum atomic E-state index is 12.1. The van der Waals surface area contributed by atoms with E-state index in [0.717, 1.165) is 4.90 Å². The molecule has 0 aliphatic carbocycles. The SMILES string of the molecule is COCCNC(=O)c1nnn(-c2ccc(NC(=O)CCSc3ccccc3)cc2)n1. The number of methoxy groups -OCH3 is 1. The lowest BCUT2D eigenvalue weighted by molar-refractivity contribution is -0.115. The van der Waals surface area contributed by atoms with Crippen molar-refractivity contribution in [1.82, 2.24) is 25.5 Å². The molecule has 9 nitrogen and oxygen atoms in total. The predicted molar refractivity (Wildman–Crippen MR) is 114 cm³/mol. The van der Waals surface area contributed by atoms with Crippen molar-refractivity contribution in [2.75, 3.05) is 31.3 Å². The zero-order valence-corrected chi connectivity index (χ0v) is 17.3. The number of nitrogens with zero attached hydrogens (tertiary/aromatic N) is 4. The first-order valence-corrected chi connectivity index (χ1v) is 10.3. The van der Waals surface area contributed by atoms with Gasteiger partial charge in [0, 0.05) is 36.4 Å². The molecule has 2 aromatic carbocycles. The highest BCUT2D eigenvalue weighted by atomic mass is 32.2. The molecule has 0 spiro atoms. The Bertz CT molecular complexity index is 962. The van der Waals surface area contributed by atoms with Gasteiger partial charge in [0.25, 0.3) is 11.7 Å². The summed E-state index contributed by atoms with van der Waals surface area (Å²) in [4.78, 5) is 26.4. The molecule has 0 aliphatic heterocycles. The fraction of sp³-hybridized carbons (Fsp3) is 0.250. The van der Waals surface area contributed by atoms with Gasteiger partial charge in [-0.3, -0.25) is 9.59 Å². The lowest BCUT2D eigenvalue weighted by atomic mass is 10.3. The standard InChI is InChI=1S/C20H22N6O3S/c1-29-13-12-21-20(28)19-23-25-26(24-19)16-9-7-15(8-10-16)22-18(27)11-14-30-17-5-3-2-4-6-17/h2-10H,11-14H2,1H3,(H,21,28)(H,22,27). The van der Waals surface area contributed by atoms with E-state index in [4.69, 9.17) is 4.74 Å². The highest BCUT2D eigenvalue weighted by molar-refractivity contribution is 7.99. The van der Waals surface area contributed by atoms with Crippen LogP contribution in [-0.4, -0.2) is 58.0 Å². The molecule has 0 fully saturated rings. The maximum Gasteiger partial charge on any atom is 0.292 e. The minimum Gasteiger partial charge on any atom is -0.383 e. The smallest absolute Gasteiger partial charge is 0.292 e. The van der Waals surface area contributed by atoms with Gasteiger partial charge in [-0.15, -0.1) is 26.8 Å². The topological polar surface area (TPSA) is 111 Å². The summed E-state index contributed by atoms with van der Waals surface area (Å²) in [7, 11) is 1.55. The molecule has 0 aliphatic rings. The third kappa shape index (κ3) is 6.39. The van der Waals surface area contributed by atoms with Crippen molar-refractivity contribution in [2.24, 2.45) is 0 Å². The lowest BCUT2D eigenvalue weighted by Gasteiger charge is -2.06. The number of amides is 2. The van der Waals surface area contributed by atoms with Gasteiger partial charge in [-0.2, -0.15) is 0 Å². The van der Waals surface area contributed by atoms with Crippen molar-refractivity contribution in [3.05, 3.63) is 60.4 Å². The van der Waals surface area contributed by atoms with Gasteiger partial charge in [0.1, 0.15) is 0 Å². The number of ether oxygens (including phenoxy) is 1. The quantitative estimate of drug-likeness (QED) is 0.377. The first kappa shape index (κ1) is 21.5. The molecule has 3 aromatic rings. The van der Waals surface area contributed by atoms with E-state index >= 15 is 0 Å². The zero-order valence-electron chi connectivity index (χ0n) is 16.4. The van der Waals surface area contributed by atoms with Crippen molar-refractivity contribution in [1.29, 1.82) is 0 Å². The van der Waals surface area contributed by atoms with E-state index in [2.05, 4.69) is 26.0 Å². The first-order chi connectivity index (χ1) is 14.7. The lowest BCUT2D eigenvalue weighted by Crippen LogP contribution is -2.28. The summed E-state index contributed by atoms with van der Waals surface area (Å²) in [6, 6.07) is 16.9. The molecule has 0 unspecified atom stereocenters. The Hall–Kier alpha value is -3.24. The third-order valence-electron chi connectivity index (χ3n) is 3.93. The summed E-state index contributed by atoms with van der Waals surface area (Å²) >= 11 is 1.64. The fourth-order valence-electron chi connectivity index (χ4n) is 2.44. The Kier molecular flexibility index (Phi) is 7.93. The fourth-order valence-corrected chi connectivity index (χ4v) is 3.31. The number of hydrogen-bond donors (Lipinski definition) is 2. The highest BCUT2D eigenvalue weighted by Gasteiger charge is 2.13. The van der Waals surface area contributed by atoms with Crippen LogP contribution in [0.3, 0.4) is 0 Å². The van der Waals surface area contributed by atoms with Gasteiger partial charge in [0.15, 0.2) is 0 Å². The number of benzene rings is 2. The molecule has 0 atom stereocenters. The van der Waals surface area contributed by atoms with E-state index < -0.39 is 5.91 Å². The Morgan fingerprint density at radius 2 is 1.87 bits per heavy atom. The molecular formula is C20H22N6O3S. The average molecular weight is 427 g/mol. The van der Waals surface area contributed by atoms with E-state index in [9.17, 15) is 9.59 Å². The molecule has 2 amide bonds. The van der Waals surface area contributed by atoms with Crippen LogP contribution in [0.25, 0.3) is 5.69 Å². The minimum absolute atomic E-state index is 0.0283. The minimum atomic E-state index is -0.421. The number of nitrogens with one attached hydrogen (secondary N) is 2. The van der Waals surface area contributed by atoms with Gasteiger partial charge in [0.05, 0.1) is 12.3 Å². The van der Waals surface area contributed by atoms with Crippen molar-refractivity contribution >= 4 is 29.3 Å². The Morgan fingerprint density at radius 3 is 2.60 bits per heavy atom. The molecule has 0 saturated carbocycles. The van der Waals surface area contributed by atoms with E-state index in [0.29, 0.717) is 36.7 Å². The number of hydrogen-bond acceptors (Lipinski definition) is 7. The van der Waals surface area contributed by atoms with Gasteiger partial charge >= 0.3 is 0 Å². The van der Waals surface area contributed by atoms with E-state index in [1.165, 1.54) is 4.80 Å². The predicted octanol–water partition coefficient (Wildman–Crippen LogP) is 2.16. The van der Waals surface area contributed by atoms with Crippen LogP contribution in [0, 0.1) is 0 Å². The summed E-state index contributed by atoms with van der Waals surface area (Å²) in [5, 5.41) is 17.2. The van der Waals surface area contributed by atoms with Gasteiger partial charge in [0.2, 0.25) is 5.91 Å². The number of carbonyl (C=O) groups is 2. The molecule has 1 aromatic heterocycles. The van der Waals surface area contributed by atoms with Gasteiger partial charge in [-0.1, -0.05) is 18.2 Å². The molecular weight excluding hydrogens is 404 g/mol. The molecule has 10 heteroatoms. The van der Waals surface area contributed by atoms with Crippen molar-refractivity contribution < 1.29 is 14.3 Å². The molecule has 156 valence electrons. The largest absolute Gasteiger partial charge is 0.383 e. The molecule has 0 radical (unpaired) electrons. The van der Waals surface area contributed by atoms with Gasteiger partial charge in [-0.05, 0) is 41.6 Å². The number of carbonyl (C=O) groups excluding carboxylic acids is 2. The molecule has 30 heavy (non-hydrogen) atoms. The van der Waals surface area contributed by atoms with Gasteiger partial charge in [-0.25, -0.2) is 0 Å². The normalized spacial score (nSPS) is 10.6. The number of tetrazole rings is 1. The van der Waals surface area contributed by atoms with Gasteiger partial charge < -0.3 is 15.4 Å². The molecule has 2 N–H and O–H groups in total. The van der Waals surface area contributed by atoms with Crippen LogP contribution >= 0.6 is 11.8 Å². The van der Waals surface area contributed by atoms with Crippen molar-refractivity contribution in [2.45, 2.75) is 11.3 Å². The molecule has 0 bridgehead atoms. The summed E-state index contributed by atoms with van der Waals surface area (Å²) in [6.45, 7) is 0.764. The Balaban J connectivity index is 1.48. The van der Waals surface area contributed by atoms with E-state index in [-0.39, 0.29) is 11.7 Å².